The van der Waals surface area contributed by atoms with Crippen LogP contribution in [-0.4, -0.2) is 29.1 Å². The Hall–Kier alpha value is -2.98. The van der Waals surface area contributed by atoms with Crippen LogP contribution >= 0.6 is 23.2 Å². The number of aryl methyl sites for hydroxylation is 1. The van der Waals surface area contributed by atoms with Crippen molar-refractivity contribution in [3.63, 3.8) is 0 Å². The molecule has 2 amide bonds. The van der Waals surface area contributed by atoms with Gasteiger partial charge >= 0.3 is 6.03 Å². The maximum atomic E-state index is 14.4. The highest BCUT2D eigenvalue weighted by Gasteiger charge is 2.12. The number of amides is 2. The van der Waals surface area contributed by atoms with E-state index in [0.717, 1.165) is 12.0 Å². The summed E-state index contributed by atoms with van der Waals surface area (Å²) in [6, 6.07) is 7.00. The highest BCUT2D eigenvalue weighted by atomic mass is 35.5. The Balaban J connectivity index is 1.68. The van der Waals surface area contributed by atoms with Gasteiger partial charge in [0.05, 0.1) is 16.3 Å². The number of carbonyl (C=O) groups is 1. The molecule has 0 radical (unpaired) electrons. The summed E-state index contributed by atoms with van der Waals surface area (Å²) in [6.45, 7) is 3.38. The lowest BCUT2D eigenvalue weighted by molar-refractivity contribution is 0.262. The Bertz CT molecular complexity index is 1220. The van der Waals surface area contributed by atoms with E-state index in [9.17, 15) is 14.0 Å². The van der Waals surface area contributed by atoms with Crippen molar-refractivity contribution in [1.29, 1.82) is 0 Å². The van der Waals surface area contributed by atoms with Gasteiger partial charge in [-0.25, -0.2) is 9.18 Å². The average molecular weight is 493 g/mol. The van der Waals surface area contributed by atoms with Gasteiger partial charge < -0.3 is 21.4 Å². The molecule has 0 aliphatic rings. The number of aromatic amines is 1. The molecule has 0 atom stereocenters. The number of aromatic nitrogens is 2. The van der Waals surface area contributed by atoms with Crippen LogP contribution in [0.4, 0.5) is 20.8 Å². The lowest BCUT2D eigenvalue weighted by Crippen LogP contribution is -2.23. The maximum absolute atomic E-state index is 14.4. The maximum Gasteiger partial charge on any atom is 0.326 e. The first-order valence-electron chi connectivity index (χ1n) is 10.1. The number of rotatable bonds is 8. The minimum absolute atomic E-state index is 0.0794. The number of benzene rings is 2. The molecule has 8 nitrogen and oxygen atoms in total. The van der Waals surface area contributed by atoms with Crippen molar-refractivity contribution in [2.75, 3.05) is 23.7 Å². The molecule has 6 N–H and O–H groups in total. The average Bonchev–Trinajstić information content (AvgIpc) is 2.76. The van der Waals surface area contributed by atoms with Crippen molar-refractivity contribution in [2.24, 2.45) is 5.73 Å². The minimum atomic E-state index is -0.660. The second kappa shape index (κ2) is 11.2. The molecule has 0 saturated carbocycles. The van der Waals surface area contributed by atoms with Gasteiger partial charge in [-0.05, 0) is 55.8 Å². The summed E-state index contributed by atoms with van der Waals surface area (Å²) in [7, 11) is 0. The van der Waals surface area contributed by atoms with E-state index in [2.05, 4.69) is 25.9 Å². The van der Waals surface area contributed by atoms with Crippen LogP contribution in [0, 0.1) is 12.7 Å². The monoisotopic (exact) mass is 492 g/mol. The van der Waals surface area contributed by atoms with Crippen LogP contribution in [0.5, 0.6) is 0 Å². The fourth-order valence-electron chi connectivity index (χ4n) is 2.99. The van der Waals surface area contributed by atoms with Crippen molar-refractivity contribution in [3.05, 3.63) is 73.9 Å². The summed E-state index contributed by atoms with van der Waals surface area (Å²) in [5.41, 5.74) is 6.90. The molecule has 33 heavy (non-hydrogen) atoms. The van der Waals surface area contributed by atoms with Crippen LogP contribution in [0.3, 0.4) is 0 Å². The second-order valence-electron chi connectivity index (χ2n) is 7.25. The van der Waals surface area contributed by atoms with Crippen molar-refractivity contribution >= 4 is 40.9 Å². The Labute approximate surface area is 199 Å². The first kappa shape index (κ1) is 24.7. The van der Waals surface area contributed by atoms with E-state index in [1.165, 1.54) is 18.3 Å². The number of urea groups is 1. The molecule has 0 bridgehead atoms. The minimum Gasteiger partial charge on any atom is -0.331 e. The Morgan fingerprint density at radius 1 is 1.18 bits per heavy atom. The quantitative estimate of drug-likeness (QED) is 0.300. The van der Waals surface area contributed by atoms with Gasteiger partial charge in [0.15, 0.2) is 0 Å². The number of nitrogens with one attached hydrogen (secondary N) is 4. The van der Waals surface area contributed by atoms with Gasteiger partial charge in [-0.3, -0.25) is 10.1 Å². The van der Waals surface area contributed by atoms with Gasteiger partial charge in [-0.2, -0.15) is 4.98 Å². The fourth-order valence-corrected chi connectivity index (χ4v) is 3.42. The van der Waals surface area contributed by atoms with Gasteiger partial charge in [0.25, 0.3) is 5.56 Å². The zero-order valence-corrected chi connectivity index (χ0v) is 19.3. The lowest BCUT2D eigenvalue weighted by Gasteiger charge is -2.11. The van der Waals surface area contributed by atoms with Crippen molar-refractivity contribution in [3.8, 4) is 11.1 Å². The van der Waals surface area contributed by atoms with E-state index in [4.69, 9.17) is 28.9 Å². The fraction of sp³-hybridized carbons (Fsp3) is 0.227. The predicted molar refractivity (Wildman–Crippen MR) is 129 cm³/mol. The van der Waals surface area contributed by atoms with Gasteiger partial charge in [0.2, 0.25) is 5.95 Å². The third-order valence-electron chi connectivity index (χ3n) is 4.76. The molecule has 0 fully saturated rings. The molecule has 174 valence electrons. The van der Waals surface area contributed by atoms with Crippen LogP contribution in [-0.2, 0) is 6.54 Å². The van der Waals surface area contributed by atoms with Crippen LogP contribution in [0.25, 0.3) is 11.1 Å². The van der Waals surface area contributed by atoms with E-state index >= 15 is 0 Å². The molecule has 3 aromatic rings. The molecule has 0 aliphatic heterocycles. The van der Waals surface area contributed by atoms with Gasteiger partial charge in [0, 0.05) is 23.3 Å². The van der Waals surface area contributed by atoms with Crippen LogP contribution < -0.4 is 27.2 Å². The molecule has 3 rings (SSSR count). The Morgan fingerprint density at radius 3 is 2.67 bits per heavy atom. The largest absolute Gasteiger partial charge is 0.331 e. The highest BCUT2D eigenvalue weighted by molar-refractivity contribution is 6.37. The van der Waals surface area contributed by atoms with Crippen molar-refractivity contribution in [1.82, 2.24) is 15.3 Å². The van der Waals surface area contributed by atoms with Crippen molar-refractivity contribution < 1.29 is 9.18 Å². The zero-order valence-electron chi connectivity index (χ0n) is 17.8. The van der Waals surface area contributed by atoms with Gasteiger partial charge in [0.1, 0.15) is 5.82 Å². The molecule has 0 saturated heterocycles. The SMILES string of the molecule is Cc1cc(NC(=O)Nc2nc(=O)c(-c3ccc(CNCCCN)c(F)c3)c[nH]2)c(Cl)cc1Cl. The molecule has 1 heterocycles. The van der Waals surface area contributed by atoms with E-state index in [0.29, 0.717) is 41.5 Å². The number of H-pyrrole nitrogens is 1. The lowest BCUT2D eigenvalue weighted by atomic mass is 10.1. The van der Waals surface area contributed by atoms with Crippen LogP contribution in [0.15, 0.2) is 41.3 Å². The number of nitrogens with zero attached hydrogens (tertiary/aromatic N) is 1. The smallest absolute Gasteiger partial charge is 0.326 e. The van der Waals surface area contributed by atoms with E-state index < -0.39 is 17.4 Å². The normalized spacial score (nSPS) is 10.8. The van der Waals surface area contributed by atoms with E-state index in [1.807, 2.05) is 0 Å². The number of nitrogens with two attached hydrogens (primary N) is 1. The van der Waals surface area contributed by atoms with E-state index in [-0.39, 0.29) is 16.5 Å². The third kappa shape index (κ3) is 6.52. The van der Waals surface area contributed by atoms with Crippen LogP contribution in [0.1, 0.15) is 17.5 Å². The van der Waals surface area contributed by atoms with Crippen molar-refractivity contribution in [2.45, 2.75) is 19.9 Å². The molecule has 0 spiro atoms. The van der Waals surface area contributed by atoms with Crippen LogP contribution in [0.2, 0.25) is 10.0 Å². The third-order valence-corrected chi connectivity index (χ3v) is 5.48. The summed E-state index contributed by atoms with van der Waals surface area (Å²) >= 11 is 12.1. The summed E-state index contributed by atoms with van der Waals surface area (Å²) in [5.74, 6) is -0.520. The molecule has 2 aromatic carbocycles. The summed E-state index contributed by atoms with van der Waals surface area (Å²) in [5, 5.41) is 8.83. The summed E-state index contributed by atoms with van der Waals surface area (Å²) < 4.78 is 14.4. The molecular formula is C22H23Cl2FN6O2. The van der Waals surface area contributed by atoms with E-state index in [1.54, 1.807) is 25.1 Å². The molecule has 11 heteroatoms. The number of hydrogen-bond acceptors (Lipinski definition) is 5. The molecular weight excluding hydrogens is 470 g/mol. The zero-order chi connectivity index (χ0) is 24.0. The Morgan fingerprint density at radius 2 is 1.97 bits per heavy atom. The topological polar surface area (TPSA) is 125 Å². The summed E-state index contributed by atoms with van der Waals surface area (Å²) in [4.78, 5) is 31.3. The predicted octanol–water partition coefficient (Wildman–Crippen LogP) is 4.27. The molecule has 1 aromatic heterocycles. The highest BCUT2D eigenvalue weighted by Crippen LogP contribution is 2.28. The van der Waals surface area contributed by atoms with Gasteiger partial charge in [-0.1, -0.05) is 35.3 Å². The standard InChI is InChI=1S/C22H23Cl2FN6O2/c1-12-7-19(17(24)9-16(12)23)29-22(33)31-21-28-11-15(20(32)30-21)13-3-4-14(18(25)8-13)10-27-6-2-5-26/h3-4,7-9,11,27H,2,5-6,10,26H2,1H3,(H3,28,29,30,31,32,33). The number of halogens is 3. The van der Waals surface area contributed by atoms with Gasteiger partial charge in [-0.15, -0.1) is 0 Å². The molecule has 0 unspecified atom stereocenters. The molecule has 0 aliphatic carbocycles. The first-order valence-corrected chi connectivity index (χ1v) is 10.9. The number of hydrogen-bond donors (Lipinski definition) is 5. The Kier molecular flexibility index (Phi) is 8.40. The second-order valence-corrected chi connectivity index (χ2v) is 8.07. The first-order chi connectivity index (χ1) is 15.8. The summed E-state index contributed by atoms with van der Waals surface area (Å²) in [6.07, 6.45) is 2.16. The number of anilines is 2. The number of carbonyl (C=O) groups excluding carboxylic acids is 1.